The second kappa shape index (κ2) is 6.78. The van der Waals surface area contributed by atoms with Crippen LogP contribution in [-0.2, 0) is 6.61 Å². The Morgan fingerprint density at radius 1 is 1.19 bits per heavy atom. The molecule has 21 heavy (non-hydrogen) atoms. The molecule has 0 bridgehead atoms. The molecule has 0 saturated carbocycles. The zero-order chi connectivity index (χ0) is 15.4. The minimum atomic E-state index is -0.422. The maximum absolute atomic E-state index is 13.0. The summed E-state index contributed by atoms with van der Waals surface area (Å²) in [6.45, 7) is 0.0929. The van der Waals surface area contributed by atoms with Gasteiger partial charge in [-0.25, -0.2) is 4.39 Å². The van der Waals surface area contributed by atoms with Gasteiger partial charge in [-0.05, 0) is 24.3 Å². The first-order valence-corrected chi connectivity index (χ1v) is 6.70. The van der Waals surface area contributed by atoms with Crippen LogP contribution in [0.1, 0.15) is 15.9 Å². The second-order valence-corrected chi connectivity index (χ2v) is 4.99. The summed E-state index contributed by atoms with van der Waals surface area (Å²) in [5.41, 5.74) is 0.986. The smallest absolute Gasteiger partial charge is 0.180 e. The Bertz CT molecular complexity index is 674. The maximum atomic E-state index is 13.0. The van der Waals surface area contributed by atoms with Crippen molar-refractivity contribution in [2.45, 2.75) is 6.61 Å². The fourth-order valence-electron chi connectivity index (χ4n) is 1.74. The molecule has 110 valence electrons. The molecule has 0 spiro atoms. The predicted octanol–water partition coefficient (Wildman–Crippen LogP) is 4.53. The summed E-state index contributed by atoms with van der Waals surface area (Å²) in [5, 5.41) is 0.504. The lowest BCUT2D eigenvalue weighted by Gasteiger charge is -2.13. The third-order valence-electron chi connectivity index (χ3n) is 2.77. The number of carbonyl (C=O) groups excluding carboxylic acids is 1. The van der Waals surface area contributed by atoms with Crippen molar-refractivity contribution >= 4 is 29.5 Å². The molecule has 2 aromatic carbocycles. The molecule has 0 aromatic heterocycles. The lowest BCUT2D eigenvalue weighted by Crippen LogP contribution is -2.00. The number of rotatable bonds is 5. The normalized spacial score (nSPS) is 10.3. The van der Waals surface area contributed by atoms with Gasteiger partial charge in [0.25, 0.3) is 0 Å². The van der Waals surface area contributed by atoms with E-state index in [0.717, 1.165) is 0 Å². The van der Waals surface area contributed by atoms with Crippen molar-refractivity contribution in [3.8, 4) is 11.5 Å². The van der Waals surface area contributed by atoms with Gasteiger partial charge in [-0.3, -0.25) is 4.79 Å². The van der Waals surface area contributed by atoms with Crippen LogP contribution in [0.3, 0.4) is 0 Å². The largest absolute Gasteiger partial charge is 0.493 e. The summed E-state index contributed by atoms with van der Waals surface area (Å²) in [6, 6.07) is 7.00. The molecule has 0 saturated heterocycles. The Balaban J connectivity index is 2.25. The van der Waals surface area contributed by atoms with Crippen molar-refractivity contribution in [1.82, 2.24) is 0 Å². The summed E-state index contributed by atoms with van der Waals surface area (Å²) in [6.07, 6.45) is 0.662. The van der Waals surface area contributed by atoms with Crippen LogP contribution in [-0.4, -0.2) is 13.4 Å². The Morgan fingerprint density at radius 3 is 2.57 bits per heavy atom. The van der Waals surface area contributed by atoms with Crippen molar-refractivity contribution in [3.05, 3.63) is 57.3 Å². The lowest BCUT2D eigenvalue weighted by molar-refractivity contribution is 0.112. The zero-order valence-electron chi connectivity index (χ0n) is 11.0. The highest BCUT2D eigenvalue weighted by Crippen LogP contribution is 2.36. The van der Waals surface area contributed by atoms with E-state index in [0.29, 0.717) is 28.9 Å². The summed E-state index contributed by atoms with van der Waals surface area (Å²) < 4.78 is 23.7. The van der Waals surface area contributed by atoms with Crippen LogP contribution in [0.2, 0.25) is 10.0 Å². The number of ether oxygens (including phenoxy) is 2. The number of hydrogen-bond donors (Lipinski definition) is 0. The third kappa shape index (κ3) is 3.65. The fraction of sp³-hybridized carbons (Fsp3) is 0.133. The minimum Gasteiger partial charge on any atom is -0.493 e. The molecule has 0 aliphatic rings. The number of benzene rings is 2. The standard InChI is InChI=1S/C15H11Cl2FO3/c1-20-14-5-9(7-19)4-13(17)15(14)21-8-10-2-3-11(18)6-12(10)16/h2-7H,8H2,1H3. The topological polar surface area (TPSA) is 35.5 Å². The van der Waals surface area contributed by atoms with E-state index >= 15 is 0 Å². The molecule has 0 amide bonds. The number of aldehydes is 1. The summed E-state index contributed by atoms with van der Waals surface area (Å²) in [4.78, 5) is 10.8. The van der Waals surface area contributed by atoms with E-state index in [4.69, 9.17) is 32.7 Å². The Morgan fingerprint density at radius 2 is 1.95 bits per heavy atom. The molecular formula is C15H11Cl2FO3. The summed E-state index contributed by atoms with van der Waals surface area (Å²) in [5.74, 6) is 0.211. The number of hydrogen-bond acceptors (Lipinski definition) is 3. The van der Waals surface area contributed by atoms with Crippen molar-refractivity contribution in [3.63, 3.8) is 0 Å². The molecule has 0 fully saturated rings. The van der Waals surface area contributed by atoms with Crippen molar-refractivity contribution in [1.29, 1.82) is 0 Å². The van der Waals surface area contributed by atoms with Gasteiger partial charge in [0, 0.05) is 11.1 Å². The molecule has 2 aromatic rings. The molecule has 6 heteroatoms. The molecule has 0 aliphatic carbocycles. The highest BCUT2D eigenvalue weighted by atomic mass is 35.5. The van der Waals surface area contributed by atoms with E-state index in [9.17, 15) is 9.18 Å². The number of carbonyl (C=O) groups is 1. The molecular weight excluding hydrogens is 318 g/mol. The Labute approximate surface area is 131 Å². The highest BCUT2D eigenvalue weighted by Gasteiger charge is 2.13. The summed E-state index contributed by atoms with van der Waals surface area (Å²) in [7, 11) is 1.44. The first-order valence-electron chi connectivity index (χ1n) is 5.94. The zero-order valence-corrected chi connectivity index (χ0v) is 12.5. The monoisotopic (exact) mass is 328 g/mol. The fourth-order valence-corrected chi connectivity index (χ4v) is 2.23. The van der Waals surface area contributed by atoms with Crippen LogP contribution < -0.4 is 9.47 Å². The van der Waals surface area contributed by atoms with Crippen molar-refractivity contribution in [2.75, 3.05) is 7.11 Å². The van der Waals surface area contributed by atoms with Gasteiger partial charge in [-0.15, -0.1) is 0 Å². The summed E-state index contributed by atoms with van der Waals surface area (Å²) >= 11 is 12.0. The molecule has 0 unspecified atom stereocenters. The average Bonchev–Trinajstić information content (AvgIpc) is 2.46. The van der Waals surface area contributed by atoms with Crippen LogP contribution in [0.4, 0.5) is 4.39 Å². The van der Waals surface area contributed by atoms with Crippen LogP contribution in [0, 0.1) is 5.82 Å². The van der Waals surface area contributed by atoms with Crippen LogP contribution in [0.15, 0.2) is 30.3 Å². The van der Waals surface area contributed by atoms with E-state index in [1.165, 1.54) is 37.4 Å². The second-order valence-electron chi connectivity index (χ2n) is 4.18. The van der Waals surface area contributed by atoms with Crippen LogP contribution in [0.5, 0.6) is 11.5 Å². The van der Waals surface area contributed by atoms with Gasteiger partial charge in [0.2, 0.25) is 0 Å². The Hall–Kier alpha value is -1.78. The lowest BCUT2D eigenvalue weighted by atomic mass is 10.2. The van der Waals surface area contributed by atoms with Gasteiger partial charge in [-0.1, -0.05) is 29.3 Å². The van der Waals surface area contributed by atoms with E-state index in [1.54, 1.807) is 0 Å². The van der Waals surface area contributed by atoms with Crippen LogP contribution in [0.25, 0.3) is 0 Å². The van der Waals surface area contributed by atoms with Gasteiger partial charge >= 0.3 is 0 Å². The van der Waals surface area contributed by atoms with Gasteiger partial charge < -0.3 is 9.47 Å². The highest BCUT2D eigenvalue weighted by molar-refractivity contribution is 6.32. The maximum Gasteiger partial charge on any atom is 0.180 e. The average molecular weight is 329 g/mol. The minimum absolute atomic E-state index is 0.0929. The van der Waals surface area contributed by atoms with E-state index in [2.05, 4.69) is 0 Å². The van der Waals surface area contributed by atoms with Crippen LogP contribution >= 0.6 is 23.2 Å². The molecule has 0 radical (unpaired) electrons. The molecule has 0 N–H and O–H groups in total. The van der Waals surface area contributed by atoms with Gasteiger partial charge in [-0.2, -0.15) is 0 Å². The molecule has 0 atom stereocenters. The van der Waals surface area contributed by atoms with E-state index in [-0.39, 0.29) is 16.7 Å². The SMILES string of the molecule is COc1cc(C=O)cc(Cl)c1OCc1ccc(F)cc1Cl. The van der Waals surface area contributed by atoms with Gasteiger partial charge in [0.1, 0.15) is 18.7 Å². The molecule has 3 nitrogen and oxygen atoms in total. The number of methoxy groups -OCH3 is 1. The van der Waals surface area contributed by atoms with Crippen molar-refractivity contribution < 1.29 is 18.7 Å². The van der Waals surface area contributed by atoms with E-state index < -0.39 is 5.82 Å². The quantitative estimate of drug-likeness (QED) is 0.756. The van der Waals surface area contributed by atoms with Gasteiger partial charge in [0.15, 0.2) is 11.5 Å². The van der Waals surface area contributed by atoms with E-state index in [1.807, 2.05) is 0 Å². The first-order chi connectivity index (χ1) is 10.0. The van der Waals surface area contributed by atoms with Crippen molar-refractivity contribution in [2.24, 2.45) is 0 Å². The molecule has 0 aliphatic heterocycles. The van der Waals surface area contributed by atoms with Gasteiger partial charge in [0.05, 0.1) is 17.2 Å². The predicted molar refractivity (Wildman–Crippen MR) is 79.1 cm³/mol. The molecule has 2 rings (SSSR count). The Kier molecular flexibility index (Phi) is 5.04. The first kappa shape index (κ1) is 15.6. The number of halogens is 3. The third-order valence-corrected chi connectivity index (χ3v) is 3.41. The molecule has 0 heterocycles.